The van der Waals surface area contributed by atoms with Gasteiger partial charge < -0.3 is 4.98 Å². The van der Waals surface area contributed by atoms with Crippen LogP contribution < -0.4 is 0 Å². The van der Waals surface area contributed by atoms with Crippen LogP contribution in [0.2, 0.25) is 0 Å². The number of carbonyl (C=O) groups excluding carboxylic acids is 2. The number of benzene rings is 2. The molecule has 5 nitrogen and oxygen atoms in total. The van der Waals surface area contributed by atoms with Gasteiger partial charge in [0, 0.05) is 16.3 Å². The van der Waals surface area contributed by atoms with E-state index in [1.54, 1.807) is 0 Å². The van der Waals surface area contributed by atoms with Gasteiger partial charge in [0.15, 0.2) is 0 Å². The molecule has 0 aliphatic rings. The van der Waals surface area contributed by atoms with E-state index >= 15 is 0 Å². The van der Waals surface area contributed by atoms with E-state index in [0.717, 1.165) is 21.9 Å². The molecule has 21 heavy (non-hydrogen) atoms. The molecule has 0 saturated carbocycles. The highest BCUT2D eigenvalue weighted by atomic mass is 16.1. The Bertz CT molecular complexity index is 943. The Morgan fingerprint density at radius 2 is 1.76 bits per heavy atom. The summed E-state index contributed by atoms with van der Waals surface area (Å²) in [4.78, 5) is 32.1. The highest BCUT2D eigenvalue weighted by Crippen LogP contribution is 2.41. The number of aliphatic imine (C=N–C) groups is 2. The van der Waals surface area contributed by atoms with Gasteiger partial charge >= 0.3 is 0 Å². The van der Waals surface area contributed by atoms with Crippen molar-refractivity contribution in [2.24, 2.45) is 9.98 Å². The van der Waals surface area contributed by atoms with E-state index in [1.807, 2.05) is 37.3 Å². The highest BCUT2D eigenvalue weighted by molar-refractivity contribution is 6.13. The summed E-state index contributed by atoms with van der Waals surface area (Å²) >= 11 is 0. The standard InChI is InChI=1S/C16H11N3O2/c1-2-10-7-12-11-5-3-4-6-13(11)19-15(12)16(18-9-21)14(10)17-8-20/h3-7,19H,2H2,1H3. The van der Waals surface area contributed by atoms with Gasteiger partial charge in [-0.15, -0.1) is 0 Å². The molecule has 5 heteroatoms. The highest BCUT2D eigenvalue weighted by Gasteiger charge is 2.16. The molecule has 0 aliphatic carbocycles. The van der Waals surface area contributed by atoms with Crippen molar-refractivity contribution < 1.29 is 9.59 Å². The average Bonchev–Trinajstić information content (AvgIpc) is 2.88. The number of hydrogen-bond acceptors (Lipinski definition) is 4. The third-order valence-corrected chi connectivity index (χ3v) is 3.53. The van der Waals surface area contributed by atoms with Gasteiger partial charge in [-0.25, -0.2) is 9.59 Å². The summed E-state index contributed by atoms with van der Waals surface area (Å²) in [7, 11) is 0. The molecule has 0 atom stereocenters. The van der Waals surface area contributed by atoms with Gasteiger partial charge in [-0.05, 0) is 24.1 Å². The van der Waals surface area contributed by atoms with E-state index in [0.29, 0.717) is 23.3 Å². The van der Waals surface area contributed by atoms with Gasteiger partial charge in [0.2, 0.25) is 12.2 Å². The van der Waals surface area contributed by atoms with Gasteiger partial charge in [0.05, 0.1) is 5.52 Å². The summed E-state index contributed by atoms with van der Waals surface area (Å²) in [6.07, 6.45) is 3.73. The maximum absolute atomic E-state index is 10.7. The minimum Gasteiger partial charge on any atom is -0.353 e. The second-order valence-electron chi connectivity index (χ2n) is 4.59. The molecule has 2 aromatic carbocycles. The first-order valence-electron chi connectivity index (χ1n) is 6.52. The lowest BCUT2D eigenvalue weighted by Gasteiger charge is -2.06. The van der Waals surface area contributed by atoms with Crippen molar-refractivity contribution in [1.82, 2.24) is 4.98 Å². The molecule has 0 saturated heterocycles. The number of fused-ring (bicyclic) bond motifs is 3. The minimum absolute atomic E-state index is 0.332. The van der Waals surface area contributed by atoms with E-state index in [4.69, 9.17) is 0 Å². The second-order valence-corrected chi connectivity index (χ2v) is 4.59. The van der Waals surface area contributed by atoms with Crippen molar-refractivity contribution in [3.63, 3.8) is 0 Å². The summed E-state index contributed by atoms with van der Waals surface area (Å²) in [5.41, 5.74) is 3.15. The maximum atomic E-state index is 10.7. The normalized spacial score (nSPS) is 10.3. The zero-order valence-corrected chi connectivity index (χ0v) is 11.3. The number of para-hydroxylation sites is 1. The number of hydrogen-bond donors (Lipinski definition) is 1. The van der Waals surface area contributed by atoms with Crippen molar-refractivity contribution in [1.29, 1.82) is 0 Å². The fourth-order valence-corrected chi connectivity index (χ4v) is 2.61. The number of isocyanates is 2. The van der Waals surface area contributed by atoms with Gasteiger partial charge in [0.1, 0.15) is 11.4 Å². The molecule has 0 aliphatic heterocycles. The van der Waals surface area contributed by atoms with Crippen molar-refractivity contribution in [2.45, 2.75) is 13.3 Å². The molecular weight excluding hydrogens is 266 g/mol. The Balaban J connectivity index is 2.57. The van der Waals surface area contributed by atoms with E-state index in [1.165, 1.54) is 12.2 Å². The Kier molecular flexibility index (Phi) is 3.20. The molecule has 3 rings (SSSR count). The number of aromatic nitrogens is 1. The van der Waals surface area contributed by atoms with Crippen LogP contribution in [0.1, 0.15) is 12.5 Å². The topological polar surface area (TPSA) is 74.7 Å². The van der Waals surface area contributed by atoms with Crippen LogP contribution in [0.15, 0.2) is 40.3 Å². The van der Waals surface area contributed by atoms with Gasteiger partial charge in [-0.3, -0.25) is 0 Å². The number of aromatic amines is 1. The quantitative estimate of drug-likeness (QED) is 0.583. The average molecular weight is 277 g/mol. The van der Waals surface area contributed by atoms with E-state index in [-0.39, 0.29) is 0 Å². The lowest BCUT2D eigenvalue weighted by Crippen LogP contribution is -1.84. The number of rotatable bonds is 3. The molecule has 102 valence electrons. The number of H-pyrrole nitrogens is 1. The van der Waals surface area contributed by atoms with Crippen LogP contribution in [-0.2, 0) is 16.0 Å². The predicted molar refractivity (Wildman–Crippen MR) is 80.7 cm³/mol. The molecule has 0 amide bonds. The lowest BCUT2D eigenvalue weighted by molar-refractivity contribution is 0.564. The van der Waals surface area contributed by atoms with Crippen LogP contribution >= 0.6 is 0 Å². The molecule has 1 N–H and O–H groups in total. The first-order chi connectivity index (χ1) is 10.3. The number of aryl methyl sites for hydroxylation is 1. The monoisotopic (exact) mass is 277 g/mol. The minimum atomic E-state index is 0.332. The van der Waals surface area contributed by atoms with Crippen molar-refractivity contribution in [3.8, 4) is 0 Å². The van der Waals surface area contributed by atoms with Crippen molar-refractivity contribution in [2.75, 3.05) is 0 Å². The van der Waals surface area contributed by atoms with Crippen LogP contribution in [0.25, 0.3) is 21.8 Å². The molecule has 0 fully saturated rings. The molecule has 0 bridgehead atoms. The smallest absolute Gasteiger partial charge is 0.240 e. The van der Waals surface area contributed by atoms with Crippen LogP contribution in [0.5, 0.6) is 0 Å². The number of nitrogens with one attached hydrogen (secondary N) is 1. The van der Waals surface area contributed by atoms with Crippen molar-refractivity contribution >= 4 is 45.3 Å². The van der Waals surface area contributed by atoms with E-state index in [9.17, 15) is 9.59 Å². The lowest BCUT2D eigenvalue weighted by atomic mass is 10.0. The van der Waals surface area contributed by atoms with Gasteiger partial charge in [-0.2, -0.15) is 9.98 Å². The Labute approximate surface area is 120 Å². The van der Waals surface area contributed by atoms with Crippen LogP contribution in [0.3, 0.4) is 0 Å². The SMILES string of the molecule is CCc1cc2c([nH]c3ccccc32)c(N=C=O)c1N=C=O. The zero-order valence-electron chi connectivity index (χ0n) is 11.3. The van der Waals surface area contributed by atoms with Gasteiger partial charge in [-0.1, -0.05) is 25.1 Å². The van der Waals surface area contributed by atoms with Crippen LogP contribution in [0.4, 0.5) is 11.4 Å². The summed E-state index contributed by atoms with van der Waals surface area (Å²) in [5.74, 6) is 0. The molecule has 0 radical (unpaired) electrons. The summed E-state index contributed by atoms with van der Waals surface area (Å²) in [6.45, 7) is 1.95. The first kappa shape index (κ1) is 13.0. The molecule has 1 heterocycles. The Hall–Kier alpha value is -3.00. The fourth-order valence-electron chi connectivity index (χ4n) is 2.61. The summed E-state index contributed by atoms with van der Waals surface area (Å²) < 4.78 is 0. The summed E-state index contributed by atoms with van der Waals surface area (Å²) in [5, 5.41) is 1.98. The number of nitrogens with zero attached hydrogens (tertiary/aromatic N) is 2. The molecule has 1 aromatic heterocycles. The predicted octanol–water partition coefficient (Wildman–Crippen LogP) is 3.82. The maximum Gasteiger partial charge on any atom is 0.240 e. The zero-order chi connectivity index (χ0) is 14.8. The molecular formula is C16H11N3O2. The summed E-state index contributed by atoms with van der Waals surface area (Å²) in [6, 6.07) is 9.77. The first-order valence-corrected chi connectivity index (χ1v) is 6.52. The van der Waals surface area contributed by atoms with E-state index in [2.05, 4.69) is 15.0 Å². The van der Waals surface area contributed by atoms with Crippen LogP contribution in [0, 0.1) is 0 Å². The Morgan fingerprint density at radius 3 is 2.48 bits per heavy atom. The Morgan fingerprint density at radius 1 is 1.05 bits per heavy atom. The van der Waals surface area contributed by atoms with E-state index < -0.39 is 0 Å². The van der Waals surface area contributed by atoms with Crippen LogP contribution in [-0.4, -0.2) is 17.1 Å². The molecule has 0 spiro atoms. The second kappa shape index (κ2) is 5.17. The van der Waals surface area contributed by atoms with Crippen molar-refractivity contribution in [3.05, 3.63) is 35.9 Å². The third-order valence-electron chi connectivity index (χ3n) is 3.53. The fraction of sp³-hybridized carbons (Fsp3) is 0.125. The largest absolute Gasteiger partial charge is 0.353 e. The molecule has 0 unspecified atom stereocenters. The molecule has 3 aromatic rings. The van der Waals surface area contributed by atoms with Gasteiger partial charge in [0.25, 0.3) is 0 Å². The third kappa shape index (κ3) is 1.98.